The average molecular weight is 553 g/mol. The maximum Gasteiger partial charge on any atom is 0.335 e. The lowest BCUT2D eigenvalue weighted by atomic mass is 9.68. The van der Waals surface area contributed by atoms with Crippen LogP contribution in [0.4, 0.5) is 0 Å². The molecule has 0 aliphatic heterocycles. The molecule has 0 amide bonds. The Kier molecular flexibility index (Phi) is 9.64. The zero-order valence-electron chi connectivity index (χ0n) is 21.9. The van der Waals surface area contributed by atoms with E-state index in [-0.39, 0.29) is 25.7 Å². The first-order chi connectivity index (χ1) is 17.6. The molecule has 0 radical (unpaired) electrons. The fourth-order valence-corrected chi connectivity index (χ4v) is 5.30. The van der Waals surface area contributed by atoms with Gasteiger partial charge in [0.2, 0.25) is 0 Å². The number of aromatic nitrogens is 2. The first kappa shape index (κ1) is 29.0. The van der Waals surface area contributed by atoms with Crippen molar-refractivity contribution < 1.29 is 28.6 Å². The third-order valence-corrected chi connectivity index (χ3v) is 7.24. The molecule has 0 unspecified atom stereocenters. The number of carbonyl (C=O) groups excluding carboxylic acids is 3. The van der Waals surface area contributed by atoms with Crippen molar-refractivity contribution in [1.29, 1.82) is 0 Å². The van der Waals surface area contributed by atoms with Gasteiger partial charge in [-0.05, 0) is 57.7 Å². The average Bonchev–Trinajstić information content (AvgIpc) is 3.22. The summed E-state index contributed by atoms with van der Waals surface area (Å²) in [5.41, 5.74) is -0.0896. The molecule has 1 aliphatic rings. The number of fused-ring (bicyclic) bond motifs is 1. The van der Waals surface area contributed by atoms with Gasteiger partial charge in [-0.25, -0.2) is 4.98 Å². The monoisotopic (exact) mass is 552 g/mol. The molecular weight excluding hydrogens is 519 g/mol. The molecule has 1 aromatic carbocycles. The number of nitrogens with zero attached hydrogens (tertiary/aromatic N) is 2. The van der Waals surface area contributed by atoms with E-state index in [0.29, 0.717) is 41.5 Å². The number of carbonyl (C=O) groups is 3. The summed E-state index contributed by atoms with van der Waals surface area (Å²) in [6, 6.07) is 5.35. The van der Waals surface area contributed by atoms with Crippen LogP contribution in [0.15, 0.2) is 18.2 Å². The molecule has 1 aliphatic carbocycles. The van der Waals surface area contributed by atoms with Crippen LogP contribution in [0.5, 0.6) is 0 Å². The summed E-state index contributed by atoms with van der Waals surface area (Å²) < 4.78 is 18.0. The van der Waals surface area contributed by atoms with E-state index in [1.54, 1.807) is 32.9 Å². The Labute approximate surface area is 227 Å². The predicted octanol–water partition coefficient (Wildman–Crippen LogP) is 5.46. The quantitative estimate of drug-likeness (QED) is 0.219. The van der Waals surface area contributed by atoms with E-state index in [2.05, 4.69) is 0 Å². The maximum absolute atomic E-state index is 13.6. The van der Waals surface area contributed by atoms with E-state index in [0.717, 1.165) is 17.1 Å². The van der Waals surface area contributed by atoms with E-state index < -0.39 is 29.2 Å². The van der Waals surface area contributed by atoms with Gasteiger partial charge < -0.3 is 18.8 Å². The molecule has 0 bridgehead atoms. The predicted molar refractivity (Wildman–Crippen MR) is 140 cm³/mol. The molecule has 8 nitrogen and oxygen atoms in total. The molecule has 0 fully saturated rings. The highest BCUT2D eigenvalue weighted by Crippen LogP contribution is 2.48. The van der Waals surface area contributed by atoms with Crippen molar-refractivity contribution in [2.75, 3.05) is 19.8 Å². The van der Waals surface area contributed by atoms with Crippen molar-refractivity contribution in [3.8, 4) is 0 Å². The normalized spacial score (nSPS) is 15.3. The zero-order valence-corrected chi connectivity index (χ0v) is 23.4. The van der Waals surface area contributed by atoms with Crippen LogP contribution in [0, 0.1) is 5.41 Å². The Balaban J connectivity index is 2.30. The molecule has 0 saturated heterocycles. The topological polar surface area (TPSA) is 96.7 Å². The minimum Gasteiger partial charge on any atom is -0.465 e. The van der Waals surface area contributed by atoms with E-state index in [1.807, 2.05) is 24.5 Å². The van der Waals surface area contributed by atoms with E-state index in [1.165, 1.54) is 0 Å². The summed E-state index contributed by atoms with van der Waals surface area (Å²) in [5.74, 6) is -3.02. The Hall–Kier alpha value is -2.58. The van der Waals surface area contributed by atoms with Gasteiger partial charge in [0.25, 0.3) is 5.41 Å². The lowest BCUT2D eigenvalue weighted by Crippen LogP contribution is -2.54. The number of hydrogen-bond donors (Lipinski definition) is 0. The van der Waals surface area contributed by atoms with Gasteiger partial charge >= 0.3 is 17.9 Å². The van der Waals surface area contributed by atoms with Gasteiger partial charge in [0.15, 0.2) is 0 Å². The summed E-state index contributed by atoms with van der Waals surface area (Å²) in [6.07, 6.45) is 1.64. The van der Waals surface area contributed by atoms with Crippen molar-refractivity contribution in [3.63, 3.8) is 0 Å². The van der Waals surface area contributed by atoms with E-state index in [4.69, 9.17) is 42.4 Å². The molecule has 202 valence electrons. The highest BCUT2D eigenvalue weighted by Gasteiger charge is 2.64. The van der Waals surface area contributed by atoms with Crippen molar-refractivity contribution in [2.45, 2.75) is 72.3 Å². The lowest BCUT2D eigenvalue weighted by molar-refractivity contribution is -0.186. The van der Waals surface area contributed by atoms with Crippen LogP contribution < -0.4 is 0 Å². The second-order valence-corrected chi connectivity index (χ2v) is 10.0. The third kappa shape index (κ3) is 5.50. The van der Waals surface area contributed by atoms with E-state index in [9.17, 15) is 14.4 Å². The summed E-state index contributed by atoms with van der Waals surface area (Å²) in [7, 11) is 0. The Morgan fingerprint density at radius 1 is 1.00 bits per heavy atom. The SMILES string of the molecule is CCOC(=O)C(C(=O)OCC)(C(=O)OCC)[C@H]1CCCc2nc(C(C)C)n(Cc3ccc(Cl)c(Cl)c3)c21. The molecule has 10 heteroatoms. The number of aryl methyl sites for hydroxylation is 1. The van der Waals surface area contributed by atoms with Gasteiger partial charge in [0.1, 0.15) is 5.82 Å². The Morgan fingerprint density at radius 3 is 2.05 bits per heavy atom. The van der Waals surface area contributed by atoms with Crippen LogP contribution in [-0.4, -0.2) is 47.3 Å². The number of hydrogen-bond acceptors (Lipinski definition) is 7. The maximum atomic E-state index is 13.6. The molecule has 3 rings (SSSR count). The second-order valence-electron chi connectivity index (χ2n) is 9.21. The first-order valence-electron chi connectivity index (χ1n) is 12.7. The smallest absolute Gasteiger partial charge is 0.335 e. The second kappa shape index (κ2) is 12.3. The largest absolute Gasteiger partial charge is 0.465 e. The zero-order chi connectivity index (χ0) is 27.3. The van der Waals surface area contributed by atoms with Crippen LogP contribution in [0.3, 0.4) is 0 Å². The summed E-state index contributed by atoms with van der Waals surface area (Å²) in [5, 5.41) is 0.848. The van der Waals surface area contributed by atoms with Gasteiger partial charge in [0, 0.05) is 24.1 Å². The van der Waals surface area contributed by atoms with Gasteiger partial charge in [-0.2, -0.15) is 0 Å². The van der Waals surface area contributed by atoms with Crippen LogP contribution in [0.25, 0.3) is 0 Å². The van der Waals surface area contributed by atoms with Gasteiger partial charge in [0.05, 0.1) is 35.6 Å². The number of halogens is 2. The first-order valence-corrected chi connectivity index (χ1v) is 13.4. The molecule has 0 saturated carbocycles. The number of rotatable bonds is 10. The standard InChI is InChI=1S/C27H34Cl2N2O6/c1-6-35-24(32)27(25(33)36-7-2,26(34)37-8-3)18-10-9-11-21-22(18)31(23(30-21)16(4)5)15-17-12-13-19(28)20(29)14-17/h12-14,16,18H,6-11,15H2,1-5H3/t18-/m0/s1. The van der Waals surface area contributed by atoms with Crippen molar-refractivity contribution >= 4 is 41.1 Å². The summed E-state index contributed by atoms with van der Waals surface area (Å²) in [6.45, 7) is 9.21. The minimum atomic E-state index is -2.32. The van der Waals surface area contributed by atoms with Crippen molar-refractivity contribution in [2.24, 2.45) is 5.41 Å². The van der Waals surface area contributed by atoms with Crippen LogP contribution in [-0.2, 0) is 41.6 Å². The molecule has 0 spiro atoms. The number of imidazole rings is 1. The molecule has 1 atom stereocenters. The molecular formula is C27H34Cl2N2O6. The third-order valence-electron chi connectivity index (χ3n) is 6.50. The molecule has 0 N–H and O–H groups in total. The molecule has 1 aromatic heterocycles. The minimum absolute atomic E-state index is 0.0151. The Morgan fingerprint density at radius 2 is 1.57 bits per heavy atom. The van der Waals surface area contributed by atoms with Gasteiger partial charge in [-0.3, -0.25) is 14.4 Å². The van der Waals surface area contributed by atoms with Crippen molar-refractivity contribution in [3.05, 3.63) is 51.0 Å². The van der Waals surface area contributed by atoms with Crippen LogP contribution >= 0.6 is 23.2 Å². The number of benzene rings is 1. The van der Waals surface area contributed by atoms with E-state index >= 15 is 0 Å². The summed E-state index contributed by atoms with van der Waals surface area (Å²) in [4.78, 5) is 45.8. The Bertz CT molecular complexity index is 1110. The molecule has 37 heavy (non-hydrogen) atoms. The van der Waals surface area contributed by atoms with Gasteiger partial charge in [-0.15, -0.1) is 0 Å². The van der Waals surface area contributed by atoms with Crippen LogP contribution in [0.2, 0.25) is 10.0 Å². The number of ether oxygens (including phenoxy) is 3. The number of esters is 3. The molecule has 1 heterocycles. The highest BCUT2D eigenvalue weighted by molar-refractivity contribution is 6.42. The van der Waals surface area contributed by atoms with Gasteiger partial charge in [-0.1, -0.05) is 43.1 Å². The van der Waals surface area contributed by atoms with Crippen LogP contribution in [0.1, 0.15) is 82.1 Å². The highest BCUT2D eigenvalue weighted by atomic mass is 35.5. The molecule has 2 aromatic rings. The van der Waals surface area contributed by atoms with Crippen molar-refractivity contribution in [1.82, 2.24) is 9.55 Å². The lowest BCUT2D eigenvalue weighted by Gasteiger charge is -2.37. The fourth-order valence-electron chi connectivity index (χ4n) is 4.98. The fraction of sp³-hybridized carbons (Fsp3) is 0.556. The summed E-state index contributed by atoms with van der Waals surface area (Å²) >= 11 is 12.4.